The van der Waals surface area contributed by atoms with E-state index in [1.54, 1.807) is 18.6 Å². The topological polar surface area (TPSA) is 76.0 Å². The van der Waals surface area contributed by atoms with Crippen LogP contribution in [0.15, 0.2) is 66.1 Å². The maximum atomic E-state index is 11.9. The summed E-state index contributed by atoms with van der Waals surface area (Å²) in [7, 11) is -3.34. The van der Waals surface area contributed by atoms with Gasteiger partial charge in [0.2, 0.25) is 0 Å². The molecule has 0 atom stereocenters. The molecule has 2 aromatic heterocycles. The third-order valence-electron chi connectivity index (χ3n) is 5.29. The molecule has 0 saturated heterocycles. The van der Waals surface area contributed by atoms with E-state index in [-0.39, 0.29) is 4.90 Å². The van der Waals surface area contributed by atoms with Crippen LogP contribution in [-0.2, 0) is 16.3 Å². The van der Waals surface area contributed by atoms with Crippen LogP contribution in [0, 0.1) is 0 Å². The fourth-order valence-electron chi connectivity index (χ4n) is 3.79. The molecule has 6 nitrogen and oxygen atoms in total. The van der Waals surface area contributed by atoms with Crippen molar-refractivity contribution in [3.05, 3.63) is 71.8 Å². The summed E-state index contributed by atoms with van der Waals surface area (Å²) in [6.07, 6.45) is 6.67. The number of sulfone groups is 1. The molecule has 1 aliphatic heterocycles. The van der Waals surface area contributed by atoms with Crippen LogP contribution in [0.1, 0.15) is 5.56 Å². The van der Waals surface area contributed by atoms with E-state index in [2.05, 4.69) is 25.9 Å². The van der Waals surface area contributed by atoms with Crippen molar-refractivity contribution in [3.8, 4) is 11.1 Å². The van der Waals surface area contributed by atoms with E-state index in [4.69, 9.17) is 11.6 Å². The minimum Gasteiger partial charge on any atom is -0.325 e. The molecule has 0 aliphatic carbocycles. The minimum absolute atomic E-state index is 0.188. The Morgan fingerprint density at radius 2 is 1.87 bits per heavy atom. The Hall–Kier alpha value is -3.03. The molecule has 0 bridgehead atoms. The first-order valence-corrected chi connectivity index (χ1v) is 11.6. The van der Waals surface area contributed by atoms with Gasteiger partial charge in [-0.05, 0) is 47.9 Å². The van der Waals surface area contributed by atoms with Crippen LogP contribution in [-0.4, -0.2) is 36.2 Å². The Balaban J connectivity index is 1.66. The lowest BCUT2D eigenvalue weighted by atomic mass is 10.0. The van der Waals surface area contributed by atoms with E-state index in [1.807, 2.05) is 30.3 Å². The lowest BCUT2D eigenvalue weighted by Crippen LogP contribution is -2.15. The number of hydrogen-bond donors (Lipinski definition) is 0. The Labute approximate surface area is 179 Å². The smallest absolute Gasteiger partial charge is 0.177 e. The van der Waals surface area contributed by atoms with Gasteiger partial charge in [0, 0.05) is 46.9 Å². The van der Waals surface area contributed by atoms with Crippen LogP contribution in [0.2, 0.25) is 5.02 Å². The molecule has 5 rings (SSSR count). The van der Waals surface area contributed by atoms with Gasteiger partial charge >= 0.3 is 0 Å². The van der Waals surface area contributed by atoms with E-state index >= 15 is 0 Å². The summed E-state index contributed by atoms with van der Waals surface area (Å²) in [5.74, 6) is 0.801. The summed E-state index contributed by atoms with van der Waals surface area (Å²) in [5.41, 5.74) is 4.66. The molecular weight excluding hydrogens is 420 g/mol. The fourth-order valence-corrected chi connectivity index (χ4v) is 4.55. The molecule has 3 heterocycles. The van der Waals surface area contributed by atoms with E-state index in [9.17, 15) is 8.42 Å². The van der Waals surface area contributed by atoms with Crippen LogP contribution in [0.5, 0.6) is 0 Å². The lowest BCUT2D eigenvalue weighted by Gasteiger charge is -2.20. The van der Waals surface area contributed by atoms with Crippen molar-refractivity contribution in [3.63, 3.8) is 0 Å². The van der Waals surface area contributed by atoms with Crippen LogP contribution in [0.25, 0.3) is 22.0 Å². The molecule has 0 radical (unpaired) electrons. The SMILES string of the molecule is CS(=O)(=O)c1cncc(-c2ccc3ncnc(N4CCc5ccc(Cl)cc54)c3c2)c1. The van der Waals surface area contributed by atoms with E-state index in [0.717, 1.165) is 46.5 Å². The fraction of sp³-hybridized carbons (Fsp3) is 0.136. The highest BCUT2D eigenvalue weighted by atomic mass is 35.5. The first-order valence-electron chi connectivity index (χ1n) is 9.36. The van der Waals surface area contributed by atoms with Gasteiger partial charge < -0.3 is 4.90 Å². The Kier molecular flexibility index (Phi) is 4.45. The van der Waals surface area contributed by atoms with Gasteiger partial charge in [0.15, 0.2) is 9.84 Å². The van der Waals surface area contributed by atoms with Crippen molar-refractivity contribution in [2.45, 2.75) is 11.3 Å². The zero-order valence-corrected chi connectivity index (χ0v) is 17.7. The minimum atomic E-state index is -3.34. The van der Waals surface area contributed by atoms with Gasteiger partial charge in [0.1, 0.15) is 12.1 Å². The average molecular weight is 437 g/mol. The third-order valence-corrected chi connectivity index (χ3v) is 6.60. The first-order chi connectivity index (χ1) is 14.4. The molecule has 0 fully saturated rings. The van der Waals surface area contributed by atoms with Gasteiger partial charge in [-0.3, -0.25) is 4.98 Å². The van der Waals surface area contributed by atoms with Gasteiger partial charge in [-0.25, -0.2) is 18.4 Å². The molecule has 0 unspecified atom stereocenters. The van der Waals surface area contributed by atoms with E-state index < -0.39 is 9.84 Å². The quantitative estimate of drug-likeness (QED) is 0.472. The molecule has 4 aromatic rings. The second kappa shape index (κ2) is 7.04. The molecular formula is C22H17ClN4O2S. The maximum absolute atomic E-state index is 11.9. The maximum Gasteiger partial charge on any atom is 0.177 e. The predicted octanol–water partition coefficient (Wildman–Crippen LogP) is 4.44. The van der Waals surface area contributed by atoms with Crippen molar-refractivity contribution in [1.29, 1.82) is 0 Å². The average Bonchev–Trinajstić information content (AvgIpc) is 3.15. The van der Waals surface area contributed by atoms with Crippen LogP contribution in [0.4, 0.5) is 11.5 Å². The molecule has 150 valence electrons. The van der Waals surface area contributed by atoms with Gasteiger partial charge in [-0.2, -0.15) is 0 Å². The third kappa shape index (κ3) is 3.30. The molecule has 8 heteroatoms. The number of hydrogen-bond acceptors (Lipinski definition) is 6. The number of benzene rings is 2. The summed E-state index contributed by atoms with van der Waals surface area (Å²) in [4.78, 5) is 15.4. The molecule has 0 spiro atoms. The van der Waals surface area contributed by atoms with E-state index in [0.29, 0.717) is 5.02 Å². The van der Waals surface area contributed by atoms with Crippen LogP contribution in [0.3, 0.4) is 0 Å². The molecule has 0 amide bonds. The van der Waals surface area contributed by atoms with Gasteiger partial charge in [0.25, 0.3) is 0 Å². The number of fused-ring (bicyclic) bond motifs is 2. The summed E-state index contributed by atoms with van der Waals surface area (Å²) in [6.45, 7) is 0.803. The number of anilines is 2. The van der Waals surface area contributed by atoms with Crippen molar-refractivity contribution in [1.82, 2.24) is 15.0 Å². The standard InChI is InChI=1S/C22H17ClN4O2S/c1-30(28,29)18-8-16(11-24-12-18)15-3-5-20-19(9-15)22(26-13-25-20)27-7-6-14-2-4-17(23)10-21(14)27/h2-5,8-13H,6-7H2,1H3. The molecule has 2 aromatic carbocycles. The first kappa shape index (κ1) is 19.0. The normalized spacial score (nSPS) is 13.6. The molecule has 30 heavy (non-hydrogen) atoms. The summed E-state index contributed by atoms with van der Waals surface area (Å²) in [6, 6.07) is 13.4. The van der Waals surface area contributed by atoms with Crippen molar-refractivity contribution < 1.29 is 8.42 Å². The van der Waals surface area contributed by atoms with Crippen LogP contribution >= 0.6 is 11.6 Å². The Morgan fingerprint density at radius 3 is 2.70 bits per heavy atom. The largest absolute Gasteiger partial charge is 0.325 e. The zero-order chi connectivity index (χ0) is 20.9. The summed E-state index contributed by atoms with van der Waals surface area (Å²) >= 11 is 6.24. The highest BCUT2D eigenvalue weighted by Crippen LogP contribution is 2.38. The second-order valence-corrected chi connectivity index (χ2v) is 9.74. The monoisotopic (exact) mass is 436 g/mol. The highest BCUT2D eigenvalue weighted by molar-refractivity contribution is 7.90. The van der Waals surface area contributed by atoms with Crippen molar-refractivity contribution in [2.75, 3.05) is 17.7 Å². The van der Waals surface area contributed by atoms with E-state index in [1.165, 1.54) is 18.0 Å². The molecule has 0 N–H and O–H groups in total. The number of pyridine rings is 1. The van der Waals surface area contributed by atoms with Crippen LogP contribution < -0.4 is 4.90 Å². The molecule has 0 saturated carbocycles. The summed E-state index contributed by atoms with van der Waals surface area (Å²) < 4.78 is 23.8. The Morgan fingerprint density at radius 1 is 1.00 bits per heavy atom. The number of halogens is 1. The van der Waals surface area contributed by atoms with Gasteiger partial charge in [-0.1, -0.05) is 23.7 Å². The van der Waals surface area contributed by atoms with Crippen molar-refractivity contribution >= 4 is 43.8 Å². The number of nitrogens with zero attached hydrogens (tertiary/aromatic N) is 4. The number of aromatic nitrogens is 3. The zero-order valence-electron chi connectivity index (χ0n) is 16.1. The van der Waals surface area contributed by atoms with Gasteiger partial charge in [0.05, 0.1) is 10.4 Å². The van der Waals surface area contributed by atoms with Gasteiger partial charge in [-0.15, -0.1) is 0 Å². The lowest BCUT2D eigenvalue weighted by molar-refractivity contribution is 0.601. The predicted molar refractivity (Wildman–Crippen MR) is 118 cm³/mol. The van der Waals surface area contributed by atoms with Crippen molar-refractivity contribution in [2.24, 2.45) is 0 Å². The Bertz CT molecular complexity index is 1410. The molecule has 1 aliphatic rings. The summed E-state index contributed by atoms with van der Waals surface area (Å²) in [5, 5.41) is 1.57. The second-order valence-electron chi connectivity index (χ2n) is 7.29. The highest BCUT2D eigenvalue weighted by Gasteiger charge is 2.23. The number of rotatable bonds is 3.